The Balaban J connectivity index is 2.00. The Morgan fingerprint density at radius 1 is 1.17 bits per heavy atom. The third kappa shape index (κ3) is 2.68. The van der Waals surface area contributed by atoms with Gasteiger partial charge in [0.05, 0.1) is 12.2 Å². The summed E-state index contributed by atoms with van der Waals surface area (Å²) in [5.74, 6) is -0.664. The van der Waals surface area contributed by atoms with Gasteiger partial charge >= 0.3 is 5.97 Å². The van der Waals surface area contributed by atoms with Crippen molar-refractivity contribution in [2.45, 2.75) is 24.6 Å². The fraction of sp³-hybridized carbons (Fsp3) is 0.417. The molecule has 1 aromatic carbocycles. The van der Waals surface area contributed by atoms with Gasteiger partial charge in [-0.3, -0.25) is 0 Å². The second-order valence-corrected chi connectivity index (χ2v) is 4.02. The molecule has 1 fully saturated rings. The Bertz CT molecular complexity index is 406. The maximum atomic E-state index is 11.7. The molecule has 0 aliphatic carbocycles. The highest BCUT2D eigenvalue weighted by Gasteiger charge is 2.39. The van der Waals surface area contributed by atoms with E-state index in [0.29, 0.717) is 5.56 Å². The predicted octanol–water partition coefficient (Wildman–Crippen LogP) is -0.718. The summed E-state index contributed by atoms with van der Waals surface area (Å²) >= 11 is 0. The van der Waals surface area contributed by atoms with Crippen molar-refractivity contribution < 1.29 is 29.6 Å². The lowest BCUT2D eigenvalue weighted by atomic mass is 10.1. The van der Waals surface area contributed by atoms with Crippen LogP contribution in [-0.2, 0) is 9.47 Å². The van der Waals surface area contributed by atoms with Crippen molar-refractivity contribution in [3.63, 3.8) is 0 Å². The third-order valence-electron chi connectivity index (χ3n) is 2.69. The van der Waals surface area contributed by atoms with Gasteiger partial charge in [-0.05, 0) is 12.1 Å². The van der Waals surface area contributed by atoms with Crippen LogP contribution in [0.3, 0.4) is 0 Å². The molecule has 6 heteroatoms. The average Bonchev–Trinajstić information content (AvgIpc) is 2.40. The van der Waals surface area contributed by atoms with Crippen LogP contribution in [0.1, 0.15) is 10.4 Å². The number of hydrogen-bond donors (Lipinski definition) is 3. The number of esters is 1. The number of ether oxygens (including phenoxy) is 2. The van der Waals surface area contributed by atoms with Gasteiger partial charge in [-0.1, -0.05) is 18.2 Å². The van der Waals surface area contributed by atoms with E-state index in [0.717, 1.165) is 0 Å². The Morgan fingerprint density at radius 2 is 1.83 bits per heavy atom. The molecule has 18 heavy (non-hydrogen) atoms. The molecule has 2 rings (SSSR count). The molecule has 1 aliphatic heterocycles. The average molecular weight is 254 g/mol. The van der Waals surface area contributed by atoms with Gasteiger partial charge in [-0.15, -0.1) is 0 Å². The molecule has 1 saturated heterocycles. The number of aliphatic hydroxyl groups excluding tert-OH is 3. The van der Waals surface area contributed by atoms with E-state index < -0.39 is 30.6 Å². The van der Waals surface area contributed by atoms with Crippen LogP contribution in [0.2, 0.25) is 0 Å². The maximum Gasteiger partial charge on any atom is 0.340 e. The largest absolute Gasteiger partial charge is 0.429 e. The highest BCUT2D eigenvalue weighted by molar-refractivity contribution is 5.89. The zero-order chi connectivity index (χ0) is 13.1. The smallest absolute Gasteiger partial charge is 0.340 e. The first-order valence-electron chi connectivity index (χ1n) is 5.51. The summed E-state index contributed by atoms with van der Waals surface area (Å²) in [6.45, 7) is -0.203. The van der Waals surface area contributed by atoms with Crippen molar-refractivity contribution in [3.8, 4) is 0 Å². The van der Waals surface area contributed by atoms with Crippen LogP contribution in [0.5, 0.6) is 0 Å². The van der Waals surface area contributed by atoms with Crippen LogP contribution in [0.15, 0.2) is 30.3 Å². The number of hydrogen-bond acceptors (Lipinski definition) is 6. The van der Waals surface area contributed by atoms with E-state index in [1.807, 2.05) is 0 Å². The highest BCUT2D eigenvalue weighted by Crippen LogP contribution is 2.17. The number of aliphatic hydroxyl groups is 3. The van der Waals surface area contributed by atoms with Crippen molar-refractivity contribution in [1.29, 1.82) is 0 Å². The normalized spacial score (nSPS) is 31.9. The molecule has 98 valence electrons. The molecule has 0 radical (unpaired) electrons. The molecule has 4 atom stereocenters. The molecular formula is C12H14O6. The Labute approximate surface area is 103 Å². The minimum Gasteiger partial charge on any atom is -0.429 e. The van der Waals surface area contributed by atoms with E-state index in [4.69, 9.17) is 9.47 Å². The third-order valence-corrected chi connectivity index (χ3v) is 2.69. The topological polar surface area (TPSA) is 96.2 Å². The summed E-state index contributed by atoms with van der Waals surface area (Å²) in [7, 11) is 0. The van der Waals surface area contributed by atoms with Crippen LogP contribution >= 0.6 is 0 Å². The van der Waals surface area contributed by atoms with Crippen molar-refractivity contribution >= 4 is 5.97 Å². The summed E-state index contributed by atoms with van der Waals surface area (Å²) < 4.78 is 9.89. The van der Waals surface area contributed by atoms with Crippen LogP contribution in [0, 0.1) is 0 Å². The Kier molecular flexibility index (Phi) is 3.93. The SMILES string of the molecule is O=C(O[C@@H]1OC[C@H](O)[C@H](O)[C@H]1O)c1ccccc1. The van der Waals surface area contributed by atoms with Crippen molar-refractivity contribution in [2.24, 2.45) is 0 Å². The lowest BCUT2D eigenvalue weighted by molar-refractivity contribution is -0.251. The van der Waals surface area contributed by atoms with E-state index in [1.165, 1.54) is 0 Å². The molecule has 0 saturated carbocycles. The first-order chi connectivity index (χ1) is 8.59. The van der Waals surface area contributed by atoms with Gasteiger partial charge in [0.25, 0.3) is 0 Å². The van der Waals surface area contributed by atoms with Gasteiger partial charge < -0.3 is 24.8 Å². The van der Waals surface area contributed by atoms with Gasteiger partial charge in [0, 0.05) is 0 Å². The van der Waals surface area contributed by atoms with Crippen LogP contribution in [-0.4, -0.2) is 52.5 Å². The van der Waals surface area contributed by atoms with Crippen LogP contribution in [0.4, 0.5) is 0 Å². The fourth-order valence-corrected chi connectivity index (χ4v) is 1.63. The van der Waals surface area contributed by atoms with Crippen LogP contribution < -0.4 is 0 Å². The zero-order valence-electron chi connectivity index (χ0n) is 9.47. The summed E-state index contributed by atoms with van der Waals surface area (Å²) in [4.78, 5) is 11.7. The molecule has 0 aromatic heterocycles. The monoisotopic (exact) mass is 254 g/mol. The quantitative estimate of drug-likeness (QED) is 0.603. The van der Waals surface area contributed by atoms with Crippen molar-refractivity contribution in [1.82, 2.24) is 0 Å². The lowest BCUT2D eigenvalue weighted by Gasteiger charge is -2.34. The minimum atomic E-state index is -1.47. The van der Waals surface area contributed by atoms with Crippen molar-refractivity contribution in [2.75, 3.05) is 6.61 Å². The first-order valence-corrected chi connectivity index (χ1v) is 5.51. The molecule has 0 unspecified atom stereocenters. The summed E-state index contributed by atoms with van der Waals surface area (Å²) in [5, 5.41) is 28.3. The highest BCUT2D eigenvalue weighted by atomic mass is 16.7. The second kappa shape index (κ2) is 5.45. The summed E-state index contributed by atoms with van der Waals surface area (Å²) in [6.07, 6.45) is -5.34. The number of benzene rings is 1. The van der Waals surface area contributed by atoms with Gasteiger partial charge in [0.2, 0.25) is 6.29 Å². The summed E-state index contributed by atoms with van der Waals surface area (Å²) in [5.41, 5.74) is 0.314. The van der Waals surface area contributed by atoms with Gasteiger partial charge in [-0.25, -0.2) is 4.79 Å². The molecule has 0 amide bonds. The van der Waals surface area contributed by atoms with E-state index in [9.17, 15) is 20.1 Å². The number of carbonyl (C=O) groups excluding carboxylic acids is 1. The molecule has 3 N–H and O–H groups in total. The predicted molar refractivity (Wildman–Crippen MR) is 59.6 cm³/mol. The first kappa shape index (κ1) is 13.0. The molecule has 1 aromatic rings. The number of rotatable bonds is 2. The molecule has 6 nitrogen and oxygen atoms in total. The lowest BCUT2D eigenvalue weighted by Crippen LogP contribution is -2.54. The summed E-state index contributed by atoms with van der Waals surface area (Å²) in [6, 6.07) is 8.22. The molecule has 1 heterocycles. The fourth-order valence-electron chi connectivity index (χ4n) is 1.63. The minimum absolute atomic E-state index is 0.203. The van der Waals surface area contributed by atoms with Gasteiger partial charge in [-0.2, -0.15) is 0 Å². The molecule has 1 aliphatic rings. The van der Waals surface area contributed by atoms with E-state index in [2.05, 4.69) is 0 Å². The van der Waals surface area contributed by atoms with Gasteiger partial charge in [0.1, 0.15) is 18.3 Å². The van der Waals surface area contributed by atoms with Crippen molar-refractivity contribution in [3.05, 3.63) is 35.9 Å². The van der Waals surface area contributed by atoms with Gasteiger partial charge in [0.15, 0.2) is 0 Å². The maximum absolute atomic E-state index is 11.7. The molecule has 0 bridgehead atoms. The molecule has 0 spiro atoms. The van der Waals surface area contributed by atoms with E-state index in [-0.39, 0.29) is 6.61 Å². The standard InChI is InChI=1S/C12H14O6/c13-8-6-17-12(10(15)9(8)14)18-11(16)7-4-2-1-3-5-7/h1-5,8-10,12-15H,6H2/t8-,9-,10+,12-/m0/s1. The van der Waals surface area contributed by atoms with E-state index >= 15 is 0 Å². The molecular weight excluding hydrogens is 240 g/mol. The van der Waals surface area contributed by atoms with Crippen LogP contribution in [0.25, 0.3) is 0 Å². The van der Waals surface area contributed by atoms with E-state index in [1.54, 1.807) is 30.3 Å². The number of carbonyl (C=O) groups is 1. The Hall–Kier alpha value is -1.47. The zero-order valence-corrected chi connectivity index (χ0v) is 9.47. The Morgan fingerprint density at radius 3 is 2.50 bits per heavy atom. The second-order valence-electron chi connectivity index (χ2n) is 4.02.